The fourth-order valence-electron chi connectivity index (χ4n) is 1.66. The molecule has 0 saturated carbocycles. The van der Waals surface area contributed by atoms with Gasteiger partial charge in [0.05, 0.1) is 6.61 Å². The van der Waals surface area contributed by atoms with Crippen molar-refractivity contribution < 1.29 is 4.74 Å². The molecular formula is C13H18BrClO. The van der Waals surface area contributed by atoms with E-state index in [1.54, 1.807) is 0 Å². The third kappa shape index (κ3) is 3.39. The summed E-state index contributed by atoms with van der Waals surface area (Å²) in [6.07, 6.45) is 1.08. The lowest BCUT2D eigenvalue weighted by molar-refractivity contribution is 0.334. The van der Waals surface area contributed by atoms with Gasteiger partial charge in [0.15, 0.2) is 0 Å². The molecule has 0 aromatic heterocycles. The van der Waals surface area contributed by atoms with Gasteiger partial charge in [0.1, 0.15) is 5.75 Å². The Bertz CT molecular complexity index is 352. The molecule has 16 heavy (non-hydrogen) atoms. The van der Waals surface area contributed by atoms with E-state index in [-0.39, 0.29) is 0 Å². The van der Waals surface area contributed by atoms with E-state index in [1.165, 1.54) is 5.56 Å². The maximum absolute atomic E-state index is 6.16. The summed E-state index contributed by atoms with van der Waals surface area (Å²) in [6, 6.07) is 4.07. The third-order valence-corrected chi connectivity index (χ3v) is 3.53. The lowest BCUT2D eigenvalue weighted by atomic mass is 9.96. The molecule has 90 valence electrons. The van der Waals surface area contributed by atoms with Crippen LogP contribution in [0.15, 0.2) is 12.1 Å². The molecule has 3 heteroatoms. The number of rotatable bonds is 5. The highest BCUT2D eigenvalue weighted by Crippen LogP contribution is 2.33. The average Bonchev–Trinajstić information content (AvgIpc) is 2.23. The summed E-state index contributed by atoms with van der Waals surface area (Å²) in [5.41, 5.74) is 2.27. The van der Waals surface area contributed by atoms with E-state index in [0.717, 1.165) is 28.1 Å². The fraction of sp³-hybridized carbons (Fsp3) is 0.538. The van der Waals surface area contributed by atoms with E-state index in [1.807, 2.05) is 26.0 Å². The topological polar surface area (TPSA) is 9.23 Å². The van der Waals surface area contributed by atoms with Crippen LogP contribution in [0.5, 0.6) is 5.75 Å². The molecule has 0 saturated heterocycles. The van der Waals surface area contributed by atoms with Crippen molar-refractivity contribution in [3.05, 3.63) is 28.3 Å². The SMILES string of the molecule is CCOc1cc(C)c(Cl)cc1C(C)CCBr. The van der Waals surface area contributed by atoms with Crippen LogP contribution < -0.4 is 4.74 Å². The molecule has 0 aliphatic heterocycles. The van der Waals surface area contributed by atoms with E-state index in [4.69, 9.17) is 16.3 Å². The molecule has 0 radical (unpaired) electrons. The minimum Gasteiger partial charge on any atom is -0.494 e. The second kappa shape index (κ2) is 6.51. The lowest BCUT2D eigenvalue weighted by Crippen LogP contribution is -2.02. The first kappa shape index (κ1) is 13.9. The maximum Gasteiger partial charge on any atom is 0.123 e. The highest BCUT2D eigenvalue weighted by Gasteiger charge is 2.13. The molecule has 1 nitrogen and oxygen atoms in total. The Kier molecular flexibility index (Phi) is 5.63. The van der Waals surface area contributed by atoms with Crippen molar-refractivity contribution in [2.45, 2.75) is 33.1 Å². The van der Waals surface area contributed by atoms with Gasteiger partial charge in [-0.2, -0.15) is 0 Å². The van der Waals surface area contributed by atoms with E-state index in [9.17, 15) is 0 Å². The summed E-state index contributed by atoms with van der Waals surface area (Å²) < 4.78 is 5.67. The Morgan fingerprint density at radius 2 is 2.12 bits per heavy atom. The summed E-state index contributed by atoms with van der Waals surface area (Å²) in [5.74, 6) is 1.43. The van der Waals surface area contributed by atoms with Crippen molar-refractivity contribution >= 4 is 27.5 Å². The maximum atomic E-state index is 6.16. The van der Waals surface area contributed by atoms with Gasteiger partial charge in [0, 0.05) is 10.4 Å². The molecule has 0 fully saturated rings. The van der Waals surface area contributed by atoms with Gasteiger partial charge in [-0.1, -0.05) is 34.5 Å². The smallest absolute Gasteiger partial charge is 0.123 e. The van der Waals surface area contributed by atoms with Crippen LogP contribution in [0.2, 0.25) is 5.02 Å². The summed E-state index contributed by atoms with van der Waals surface area (Å²) >= 11 is 9.63. The minimum absolute atomic E-state index is 0.457. The highest BCUT2D eigenvalue weighted by atomic mass is 79.9. The molecule has 1 aromatic rings. The number of hydrogen-bond donors (Lipinski definition) is 0. The molecule has 1 rings (SSSR count). The summed E-state index contributed by atoms with van der Waals surface area (Å²) in [4.78, 5) is 0. The van der Waals surface area contributed by atoms with Crippen LogP contribution in [-0.4, -0.2) is 11.9 Å². The number of halogens is 2. The van der Waals surface area contributed by atoms with Gasteiger partial charge in [0.2, 0.25) is 0 Å². The van der Waals surface area contributed by atoms with Crippen LogP contribution in [0.1, 0.15) is 37.3 Å². The molecule has 0 N–H and O–H groups in total. The van der Waals surface area contributed by atoms with Gasteiger partial charge in [-0.15, -0.1) is 0 Å². The molecule has 0 bridgehead atoms. The molecule has 0 spiro atoms. The quantitative estimate of drug-likeness (QED) is 0.700. The van der Waals surface area contributed by atoms with E-state index in [0.29, 0.717) is 12.5 Å². The minimum atomic E-state index is 0.457. The van der Waals surface area contributed by atoms with Crippen LogP contribution in [0.25, 0.3) is 0 Å². The van der Waals surface area contributed by atoms with Crippen LogP contribution in [0, 0.1) is 6.92 Å². The Hall–Kier alpha value is -0.210. The number of aryl methyl sites for hydroxylation is 1. The van der Waals surface area contributed by atoms with Gasteiger partial charge >= 0.3 is 0 Å². The van der Waals surface area contributed by atoms with Gasteiger partial charge in [-0.3, -0.25) is 0 Å². The van der Waals surface area contributed by atoms with Crippen molar-refractivity contribution in [2.24, 2.45) is 0 Å². The van der Waals surface area contributed by atoms with Crippen LogP contribution in [0.3, 0.4) is 0 Å². The third-order valence-electron chi connectivity index (χ3n) is 2.66. The standard InChI is InChI=1S/C13H18BrClO/c1-4-16-13-7-10(3)12(15)8-11(13)9(2)5-6-14/h7-9H,4-6H2,1-3H3. The zero-order chi connectivity index (χ0) is 12.1. The first-order chi connectivity index (χ1) is 7.60. The van der Waals surface area contributed by atoms with E-state index < -0.39 is 0 Å². The summed E-state index contributed by atoms with van der Waals surface area (Å²) in [7, 11) is 0. The molecule has 1 aromatic carbocycles. The summed E-state index contributed by atoms with van der Waals surface area (Å²) in [6.45, 7) is 6.90. The lowest BCUT2D eigenvalue weighted by Gasteiger charge is -2.17. The Morgan fingerprint density at radius 3 is 2.69 bits per heavy atom. The molecule has 0 amide bonds. The Morgan fingerprint density at radius 1 is 1.44 bits per heavy atom. The predicted octanol–water partition coefficient (Wildman–Crippen LogP) is 4.94. The number of hydrogen-bond acceptors (Lipinski definition) is 1. The molecule has 0 aliphatic rings. The first-order valence-corrected chi connectivity index (χ1v) is 7.08. The zero-order valence-electron chi connectivity index (χ0n) is 10.0. The fourth-order valence-corrected chi connectivity index (χ4v) is 2.51. The van der Waals surface area contributed by atoms with E-state index in [2.05, 4.69) is 22.9 Å². The van der Waals surface area contributed by atoms with Crippen molar-refractivity contribution in [2.75, 3.05) is 11.9 Å². The molecule has 0 aliphatic carbocycles. The summed E-state index contributed by atoms with van der Waals surface area (Å²) in [5, 5.41) is 1.81. The van der Waals surface area contributed by atoms with Crippen LogP contribution in [0.4, 0.5) is 0 Å². The van der Waals surface area contributed by atoms with E-state index >= 15 is 0 Å². The zero-order valence-corrected chi connectivity index (χ0v) is 12.4. The molecule has 1 atom stereocenters. The van der Waals surface area contributed by atoms with Gasteiger partial charge in [0.25, 0.3) is 0 Å². The van der Waals surface area contributed by atoms with Crippen LogP contribution >= 0.6 is 27.5 Å². The highest BCUT2D eigenvalue weighted by molar-refractivity contribution is 9.09. The second-order valence-corrected chi connectivity index (χ2v) is 5.15. The Labute approximate surface area is 111 Å². The second-order valence-electron chi connectivity index (χ2n) is 3.95. The van der Waals surface area contributed by atoms with Crippen molar-refractivity contribution in [1.29, 1.82) is 0 Å². The van der Waals surface area contributed by atoms with Crippen molar-refractivity contribution in [3.8, 4) is 5.75 Å². The number of ether oxygens (including phenoxy) is 1. The Balaban J connectivity index is 3.08. The monoisotopic (exact) mass is 304 g/mol. The van der Waals surface area contributed by atoms with Gasteiger partial charge in [-0.05, 0) is 49.4 Å². The van der Waals surface area contributed by atoms with Crippen LogP contribution in [-0.2, 0) is 0 Å². The molecule has 0 heterocycles. The molecular weight excluding hydrogens is 287 g/mol. The number of alkyl halides is 1. The normalized spacial score (nSPS) is 12.6. The largest absolute Gasteiger partial charge is 0.494 e. The number of benzene rings is 1. The van der Waals surface area contributed by atoms with Gasteiger partial charge < -0.3 is 4.74 Å². The predicted molar refractivity (Wildman–Crippen MR) is 74.2 cm³/mol. The van der Waals surface area contributed by atoms with Crippen molar-refractivity contribution in [3.63, 3.8) is 0 Å². The van der Waals surface area contributed by atoms with Gasteiger partial charge in [-0.25, -0.2) is 0 Å². The van der Waals surface area contributed by atoms with Crippen molar-refractivity contribution in [1.82, 2.24) is 0 Å². The molecule has 1 unspecified atom stereocenters. The first-order valence-electron chi connectivity index (χ1n) is 5.59. The average molecular weight is 306 g/mol.